The molecule has 1 aliphatic heterocycles. The molecule has 2 fully saturated rings. The number of amides is 1. The minimum absolute atomic E-state index is 0.0621. The topological polar surface area (TPSA) is 46.3 Å². The standard InChI is InChI=1S/C16H20F2N2O/c1-9-5-10(7-19)8-20(9)16(21)13-6-12(13)11-3-2-4-14(17)15(11)18/h2-4,9-10,12-13H,5-8,19H2,1H3. The lowest BCUT2D eigenvalue weighted by Gasteiger charge is -2.21. The normalized spacial score (nSPS) is 31.5. The van der Waals surface area contributed by atoms with Gasteiger partial charge in [0.05, 0.1) is 0 Å². The van der Waals surface area contributed by atoms with Crippen molar-refractivity contribution in [3.05, 3.63) is 35.4 Å². The molecule has 1 aromatic rings. The van der Waals surface area contributed by atoms with Crippen LogP contribution in [0.5, 0.6) is 0 Å². The van der Waals surface area contributed by atoms with E-state index in [1.807, 2.05) is 11.8 Å². The van der Waals surface area contributed by atoms with Crippen LogP contribution in [0.2, 0.25) is 0 Å². The fraction of sp³-hybridized carbons (Fsp3) is 0.562. The maximum atomic E-state index is 13.8. The monoisotopic (exact) mass is 294 g/mol. The number of carbonyl (C=O) groups is 1. The van der Waals surface area contributed by atoms with Crippen molar-refractivity contribution < 1.29 is 13.6 Å². The van der Waals surface area contributed by atoms with Crippen LogP contribution in [0, 0.1) is 23.5 Å². The van der Waals surface area contributed by atoms with Gasteiger partial charge in [0.25, 0.3) is 0 Å². The van der Waals surface area contributed by atoms with Gasteiger partial charge in [-0.2, -0.15) is 0 Å². The highest BCUT2D eigenvalue weighted by Gasteiger charge is 2.49. The van der Waals surface area contributed by atoms with E-state index in [1.54, 1.807) is 6.07 Å². The van der Waals surface area contributed by atoms with Gasteiger partial charge in [-0.25, -0.2) is 8.78 Å². The predicted octanol–water partition coefficient (Wildman–Crippen LogP) is 2.26. The largest absolute Gasteiger partial charge is 0.339 e. The fourth-order valence-electron chi connectivity index (χ4n) is 3.45. The molecular formula is C16H20F2N2O. The van der Waals surface area contributed by atoms with E-state index in [1.165, 1.54) is 6.07 Å². The lowest BCUT2D eigenvalue weighted by molar-refractivity contribution is -0.133. The van der Waals surface area contributed by atoms with Crippen molar-refractivity contribution in [2.45, 2.75) is 31.7 Å². The van der Waals surface area contributed by atoms with Gasteiger partial charge < -0.3 is 10.6 Å². The summed E-state index contributed by atoms with van der Waals surface area (Å²) >= 11 is 0. The van der Waals surface area contributed by atoms with Gasteiger partial charge in [-0.15, -0.1) is 0 Å². The first-order valence-electron chi connectivity index (χ1n) is 7.47. The molecule has 114 valence electrons. The van der Waals surface area contributed by atoms with E-state index in [2.05, 4.69) is 0 Å². The van der Waals surface area contributed by atoms with Gasteiger partial charge in [-0.3, -0.25) is 4.79 Å². The highest BCUT2D eigenvalue weighted by Crippen LogP contribution is 2.50. The van der Waals surface area contributed by atoms with Crippen molar-refractivity contribution in [1.29, 1.82) is 0 Å². The molecule has 4 atom stereocenters. The van der Waals surface area contributed by atoms with Crippen molar-refractivity contribution in [2.75, 3.05) is 13.1 Å². The maximum absolute atomic E-state index is 13.8. The lowest BCUT2D eigenvalue weighted by Crippen LogP contribution is -2.35. The molecule has 21 heavy (non-hydrogen) atoms. The zero-order valence-electron chi connectivity index (χ0n) is 12.1. The second-order valence-electron chi connectivity index (χ2n) is 6.27. The summed E-state index contributed by atoms with van der Waals surface area (Å²) in [5.74, 6) is -1.63. The molecule has 1 amide bonds. The Hall–Kier alpha value is -1.49. The van der Waals surface area contributed by atoms with Crippen molar-refractivity contribution in [1.82, 2.24) is 4.90 Å². The molecule has 0 spiro atoms. The molecule has 2 aliphatic rings. The first-order chi connectivity index (χ1) is 10.0. The van der Waals surface area contributed by atoms with Gasteiger partial charge in [0.2, 0.25) is 5.91 Å². The second kappa shape index (κ2) is 5.37. The van der Waals surface area contributed by atoms with Gasteiger partial charge >= 0.3 is 0 Å². The van der Waals surface area contributed by atoms with Gasteiger partial charge in [-0.05, 0) is 49.8 Å². The number of hydrogen-bond acceptors (Lipinski definition) is 2. The third kappa shape index (κ3) is 2.55. The summed E-state index contributed by atoms with van der Waals surface area (Å²) in [7, 11) is 0. The Labute approximate surface area is 123 Å². The zero-order chi connectivity index (χ0) is 15.1. The average molecular weight is 294 g/mol. The molecule has 1 saturated heterocycles. The van der Waals surface area contributed by atoms with Crippen LogP contribution in [0.25, 0.3) is 0 Å². The minimum Gasteiger partial charge on any atom is -0.339 e. The summed E-state index contributed by atoms with van der Waals surface area (Å²) in [5, 5.41) is 0. The molecule has 5 heteroatoms. The van der Waals surface area contributed by atoms with Crippen LogP contribution in [0.3, 0.4) is 0 Å². The quantitative estimate of drug-likeness (QED) is 0.929. The van der Waals surface area contributed by atoms with Crippen LogP contribution in [0.15, 0.2) is 18.2 Å². The minimum atomic E-state index is -0.844. The molecule has 1 saturated carbocycles. The van der Waals surface area contributed by atoms with Crippen molar-refractivity contribution >= 4 is 5.91 Å². The van der Waals surface area contributed by atoms with Gasteiger partial charge in [0.15, 0.2) is 11.6 Å². The maximum Gasteiger partial charge on any atom is 0.226 e. The molecule has 3 rings (SSSR count). The number of rotatable bonds is 3. The van der Waals surface area contributed by atoms with Crippen LogP contribution >= 0.6 is 0 Å². The molecule has 2 N–H and O–H groups in total. The van der Waals surface area contributed by atoms with E-state index in [0.717, 1.165) is 12.5 Å². The number of benzene rings is 1. The van der Waals surface area contributed by atoms with E-state index < -0.39 is 11.6 Å². The zero-order valence-corrected chi connectivity index (χ0v) is 12.1. The van der Waals surface area contributed by atoms with Crippen LogP contribution in [0.1, 0.15) is 31.2 Å². The third-order valence-corrected chi connectivity index (χ3v) is 4.77. The first kappa shape index (κ1) is 14.4. The van der Waals surface area contributed by atoms with E-state index in [4.69, 9.17) is 5.73 Å². The molecular weight excluding hydrogens is 274 g/mol. The molecule has 4 unspecified atom stereocenters. The fourth-order valence-corrected chi connectivity index (χ4v) is 3.45. The second-order valence-corrected chi connectivity index (χ2v) is 6.27. The van der Waals surface area contributed by atoms with Gasteiger partial charge in [-0.1, -0.05) is 12.1 Å². The van der Waals surface area contributed by atoms with Crippen molar-refractivity contribution in [2.24, 2.45) is 17.6 Å². The molecule has 3 nitrogen and oxygen atoms in total. The molecule has 0 radical (unpaired) electrons. The smallest absolute Gasteiger partial charge is 0.226 e. The molecule has 0 bridgehead atoms. The van der Waals surface area contributed by atoms with E-state index in [0.29, 0.717) is 31.0 Å². The van der Waals surface area contributed by atoms with Gasteiger partial charge in [0, 0.05) is 18.5 Å². The average Bonchev–Trinajstić information content (AvgIpc) is 3.17. The molecule has 1 aliphatic carbocycles. The third-order valence-electron chi connectivity index (χ3n) is 4.77. The predicted molar refractivity (Wildman–Crippen MR) is 75.5 cm³/mol. The van der Waals surface area contributed by atoms with E-state index >= 15 is 0 Å². The van der Waals surface area contributed by atoms with Crippen LogP contribution in [-0.4, -0.2) is 29.9 Å². The lowest BCUT2D eigenvalue weighted by atomic mass is 10.1. The van der Waals surface area contributed by atoms with Crippen molar-refractivity contribution in [3.63, 3.8) is 0 Å². The number of halogens is 2. The SMILES string of the molecule is CC1CC(CN)CN1C(=O)C1CC1c1cccc(F)c1F. The Bertz CT molecular complexity index is 563. The van der Waals surface area contributed by atoms with Crippen LogP contribution in [-0.2, 0) is 4.79 Å². The highest BCUT2D eigenvalue weighted by atomic mass is 19.2. The number of nitrogens with zero attached hydrogens (tertiary/aromatic N) is 1. The van der Waals surface area contributed by atoms with Crippen LogP contribution in [0.4, 0.5) is 8.78 Å². The number of hydrogen-bond donors (Lipinski definition) is 1. The Morgan fingerprint density at radius 3 is 2.81 bits per heavy atom. The summed E-state index contributed by atoms with van der Waals surface area (Å²) in [4.78, 5) is 14.4. The summed E-state index contributed by atoms with van der Waals surface area (Å²) in [6.45, 7) is 3.29. The van der Waals surface area contributed by atoms with E-state index in [9.17, 15) is 13.6 Å². The van der Waals surface area contributed by atoms with Crippen molar-refractivity contribution in [3.8, 4) is 0 Å². The Balaban J connectivity index is 1.70. The number of likely N-dealkylation sites (tertiary alicyclic amines) is 1. The highest BCUT2D eigenvalue weighted by molar-refractivity contribution is 5.83. The number of carbonyl (C=O) groups excluding carboxylic acids is 1. The number of nitrogens with two attached hydrogens (primary N) is 1. The molecule has 0 aromatic heterocycles. The molecule has 1 aromatic carbocycles. The summed E-state index contributed by atoms with van der Waals surface area (Å²) in [6.07, 6.45) is 1.53. The Kier molecular flexibility index (Phi) is 3.69. The van der Waals surface area contributed by atoms with Gasteiger partial charge in [0.1, 0.15) is 0 Å². The summed E-state index contributed by atoms with van der Waals surface area (Å²) in [5.41, 5.74) is 6.01. The first-order valence-corrected chi connectivity index (χ1v) is 7.47. The summed E-state index contributed by atoms with van der Waals surface area (Å²) < 4.78 is 27.1. The summed E-state index contributed by atoms with van der Waals surface area (Å²) in [6, 6.07) is 4.36. The molecule has 1 heterocycles. The van der Waals surface area contributed by atoms with E-state index in [-0.39, 0.29) is 23.8 Å². The van der Waals surface area contributed by atoms with Crippen LogP contribution < -0.4 is 5.73 Å². The Morgan fingerprint density at radius 2 is 2.14 bits per heavy atom. The Morgan fingerprint density at radius 1 is 1.38 bits per heavy atom.